The van der Waals surface area contributed by atoms with Crippen molar-refractivity contribution in [3.63, 3.8) is 0 Å². The number of aromatic amines is 1. The number of hydrogen-bond acceptors (Lipinski definition) is 9. The number of hydrogen-bond donors (Lipinski definition) is 1. The molecule has 1 aliphatic heterocycles. The van der Waals surface area contributed by atoms with E-state index in [-0.39, 0.29) is 29.9 Å². The molecule has 0 amide bonds. The molecule has 0 radical (unpaired) electrons. The summed E-state index contributed by atoms with van der Waals surface area (Å²) in [7, 11) is -2.20. The summed E-state index contributed by atoms with van der Waals surface area (Å²) in [5.41, 5.74) is 2.46. The predicted molar refractivity (Wildman–Crippen MR) is 140 cm³/mol. The molecule has 1 aromatic carbocycles. The van der Waals surface area contributed by atoms with Gasteiger partial charge in [0.25, 0.3) is 0 Å². The Balaban J connectivity index is 1.76. The zero-order valence-electron chi connectivity index (χ0n) is 22.2. The van der Waals surface area contributed by atoms with Crippen LogP contribution < -0.4 is 4.31 Å². The first-order valence-corrected chi connectivity index (χ1v) is 14.1. The molecule has 2 atom stereocenters. The fourth-order valence-electron chi connectivity index (χ4n) is 4.27. The smallest absolute Gasteiger partial charge is 0.239 e. The lowest BCUT2D eigenvalue weighted by Crippen LogP contribution is -2.44. The molecule has 0 saturated carbocycles. The second-order valence-corrected chi connectivity index (χ2v) is 12.0. The maximum absolute atomic E-state index is 13.7. The van der Waals surface area contributed by atoms with Crippen molar-refractivity contribution < 1.29 is 22.3 Å². The van der Waals surface area contributed by atoms with E-state index in [9.17, 15) is 12.8 Å². The molecule has 0 unspecified atom stereocenters. The van der Waals surface area contributed by atoms with Crippen LogP contribution in [0.4, 0.5) is 10.3 Å². The van der Waals surface area contributed by atoms with E-state index in [1.165, 1.54) is 19.2 Å². The highest BCUT2D eigenvalue weighted by atomic mass is 32.2. The monoisotopic (exact) mass is 545 g/mol. The molecule has 13 heteroatoms. The molecule has 1 aliphatic rings. The third-order valence-corrected chi connectivity index (χ3v) is 7.23. The maximum atomic E-state index is 13.7. The van der Waals surface area contributed by atoms with E-state index in [2.05, 4.69) is 30.6 Å². The largest absolute Gasteiger partial charge is 0.347 e. The summed E-state index contributed by atoms with van der Waals surface area (Å²) in [4.78, 5) is 9.23. The molecule has 4 rings (SSSR count). The number of halogens is 1. The molecule has 3 heterocycles. The molecule has 11 nitrogen and oxygen atoms in total. The first kappa shape index (κ1) is 27.7. The van der Waals surface area contributed by atoms with Crippen molar-refractivity contribution in [3.05, 3.63) is 53.2 Å². The van der Waals surface area contributed by atoms with E-state index >= 15 is 0 Å². The topological polar surface area (TPSA) is 136 Å². The summed E-state index contributed by atoms with van der Waals surface area (Å²) >= 11 is 0. The number of benzene rings is 1. The molecule has 1 N–H and O–H groups in total. The Kier molecular flexibility index (Phi) is 7.90. The Morgan fingerprint density at radius 2 is 1.92 bits per heavy atom. The predicted octanol–water partition coefficient (Wildman–Crippen LogP) is 3.48. The van der Waals surface area contributed by atoms with Crippen LogP contribution in [0.15, 0.2) is 30.3 Å². The van der Waals surface area contributed by atoms with Crippen LogP contribution in [0, 0.1) is 5.82 Å². The van der Waals surface area contributed by atoms with Crippen molar-refractivity contribution in [1.29, 1.82) is 0 Å². The van der Waals surface area contributed by atoms with Crippen molar-refractivity contribution in [2.45, 2.75) is 64.4 Å². The summed E-state index contributed by atoms with van der Waals surface area (Å²) in [6.07, 6.45) is 5.46. The number of nitrogens with one attached hydrogen (secondary N) is 1. The lowest BCUT2D eigenvalue weighted by molar-refractivity contribution is -0.289. The van der Waals surface area contributed by atoms with Crippen molar-refractivity contribution in [1.82, 2.24) is 30.6 Å². The van der Waals surface area contributed by atoms with Gasteiger partial charge in [-0.05, 0) is 54.5 Å². The van der Waals surface area contributed by atoms with Gasteiger partial charge in [0.15, 0.2) is 11.6 Å². The number of H-pyrrole nitrogens is 1. The minimum atomic E-state index is -3.61. The van der Waals surface area contributed by atoms with Gasteiger partial charge in [-0.3, -0.25) is 0 Å². The number of anilines is 1. The van der Waals surface area contributed by atoms with Gasteiger partial charge in [-0.25, -0.2) is 32.2 Å². The summed E-state index contributed by atoms with van der Waals surface area (Å²) in [6.45, 7) is 7.63. The number of nitrogens with zero attached hydrogens (tertiary/aromatic N) is 6. The Hall–Kier alpha value is -3.29. The molecule has 0 aliphatic carbocycles. The highest BCUT2D eigenvalue weighted by molar-refractivity contribution is 7.92. The highest BCUT2D eigenvalue weighted by Crippen LogP contribution is 2.33. The van der Waals surface area contributed by atoms with E-state index in [4.69, 9.17) is 9.47 Å². The number of aromatic nitrogens is 6. The number of tetrazole rings is 1. The molecule has 1 fully saturated rings. The molecule has 204 valence electrons. The average Bonchev–Trinajstić information content (AvgIpc) is 3.33. The summed E-state index contributed by atoms with van der Waals surface area (Å²) in [5.74, 6) is -0.637. The molecule has 1 saturated heterocycles. The molecular formula is C25H32FN7O4S. The summed E-state index contributed by atoms with van der Waals surface area (Å²) in [6, 6.07) is 5.90. The van der Waals surface area contributed by atoms with Gasteiger partial charge in [0.2, 0.25) is 16.0 Å². The van der Waals surface area contributed by atoms with Crippen LogP contribution >= 0.6 is 0 Å². The van der Waals surface area contributed by atoms with E-state index in [0.717, 1.165) is 10.6 Å². The first-order chi connectivity index (χ1) is 17.8. The minimum absolute atomic E-state index is 0.0388. The van der Waals surface area contributed by atoms with E-state index in [1.54, 1.807) is 12.1 Å². The number of rotatable bonds is 8. The van der Waals surface area contributed by atoms with E-state index in [0.29, 0.717) is 41.2 Å². The van der Waals surface area contributed by atoms with E-state index < -0.39 is 15.8 Å². The van der Waals surface area contributed by atoms with Gasteiger partial charge in [-0.2, -0.15) is 0 Å². The zero-order chi connectivity index (χ0) is 27.7. The Bertz CT molecular complexity index is 1390. The summed E-state index contributed by atoms with van der Waals surface area (Å²) < 4.78 is 51.5. The third kappa shape index (κ3) is 6.58. The van der Waals surface area contributed by atoms with Crippen LogP contribution in [0.2, 0.25) is 0 Å². The molecule has 0 spiro atoms. The van der Waals surface area contributed by atoms with Gasteiger partial charge >= 0.3 is 0 Å². The van der Waals surface area contributed by atoms with Gasteiger partial charge in [-0.1, -0.05) is 26.0 Å². The molecule has 38 heavy (non-hydrogen) atoms. The Morgan fingerprint density at radius 1 is 1.21 bits per heavy atom. The van der Waals surface area contributed by atoms with Crippen LogP contribution in [0.5, 0.6) is 0 Å². The highest BCUT2D eigenvalue weighted by Gasteiger charge is 2.35. The normalized spacial score (nSPS) is 19.8. The van der Waals surface area contributed by atoms with Crippen LogP contribution in [-0.4, -0.2) is 70.3 Å². The third-order valence-electron chi connectivity index (χ3n) is 6.08. The van der Waals surface area contributed by atoms with Crippen molar-refractivity contribution in [2.75, 3.05) is 17.6 Å². The lowest BCUT2D eigenvalue weighted by atomic mass is 9.97. The fraction of sp³-hybridized carbons (Fsp3) is 0.480. The van der Waals surface area contributed by atoms with Gasteiger partial charge in [0.1, 0.15) is 5.82 Å². The standard InChI is InChI=1S/C25H32FN7O4S/c1-15(2)22-20(12-11-18-13-19(37-25(3,4)36-18)14-21-29-31-32-30-21)23(16-7-9-17(26)10-8-16)28-24(27-22)33(5)38(6,34)35/h7-12,15,18-19H,13-14H2,1-6H3,(H,29,30,31,32)/b12-11+/t18-,19-/m1/s1. The van der Waals surface area contributed by atoms with Gasteiger partial charge in [0.05, 0.1) is 29.9 Å². The van der Waals surface area contributed by atoms with E-state index in [1.807, 2.05) is 39.8 Å². The van der Waals surface area contributed by atoms with Crippen LogP contribution in [0.25, 0.3) is 17.3 Å². The minimum Gasteiger partial charge on any atom is -0.347 e. The van der Waals surface area contributed by atoms with Crippen molar-refractivity contribution >= 4 is 22.0 Å². The fourth-order valence-corrected chi connectivity index (χ4v) is 4.65. The maximum Gasteiger partial charge on any atom is 0.239 e. The Labute approximate surface area is 221 Å². The van der Waals surface area contributed by atoms with Crippen LogP contribution in [-0.2, 0) is 25.9 Å². The van der Waals surface area contributed by atoms with Crippen molar-refractivity contribution in [2.24, 2.45) is 0 Å². The Morgan fingerprint density at radius 3 is 2.53 bits per heavy atom. The van der Waals surface area contributed by atoms with Gasteiger partial charge in [0, 0.05) is 31.0 Å². The lowest BCUT2D eigenvalue weighted by Gasteiger charge is -2.39. The average molecular weight is 546 g/mol. The molecule has 3 aromatic rings. The van der Waals surface area contributed by atoms with Crippen LogP contribution in [0.1, 0.15) is 57.1 Å². The number of ether oxygens (including phenoxy) is 2. The zero-order valence-corrected chi connectivity index (χ0v) is 23.0. The first-order valence-electron chi connectivity index (χ1n) is 12.2. The summed E-state index contributed by atoms with van der Waals surface area (Å²) in [5, 5.41) is 14.0. The molecular weight excluding hydrogens is 513 g/mol. The number of sulfonamides is 1. The van der Waals surface area contributed by atoms with Gasteiger partial charge < -0.3 is 9.47 Å². The quantitative estimate of drug-likeness (QED) is 0.451. The second-order valence-electron chi connectivity index (χ2n) is 10.0. The van der Waals surface area contributed by atoms with Crippen molar-refractivity contribution in [3.8, 4) is 11.3 Å². The molecule has 0 bridgehead atoms. The second kappa shape index (κ2) is 10.8. The molecule has 2 aromatic heterocycles. The van der Waals surface area contributed by atoms with Crippen LogP contribution in [0.3, 0.4) is 0 Å². The SMILES string of the molecule is CC(C)c1nc(N(C)S(C)(=O)=O)nc(-c2ccc(F)cc2)c1/C=C/[C@@H]1C[C@H](Cc2nnn[nH]2)OC(C)(C)O1. The van der Waals surface area contributed by atoms with Gasteiger partial charge in [-0.15, -0.1) is 5.10 Å².